The van der Waals surface area contributed by atoms with Crippen molar-refractivity contribution in [1.29, 1.82) is 0 Å². The van der Waals surface area contributed by atoms with Crippen molar-refractivity contribution in [3.8, 4) is 0 Å². The Morgan fingerprint density at radius 2 is 1.36 bits per heavy atom. The van der Waals surface area contributed by atoms with Crippen molar-refractivity contribution in [1.82, 2.24) is 0 Å². The van der Waals surface area contributed by atoms with Gasteiger partial charge in [0.15, 0.2) is 0 Å². The van der Waals surface area contributed by atoms with Gasteiger partial charge in [0.05, 0.1) is 37.6 Å². The fourth-order valence-corrected chi connectivity index (χ4v) is 2.87. The summed E-state index contributed by atoms with van der Waals surface area (Å²) in [5, 5.41) is 8.88. The molecule has 0 aliphatic carbocycles. The van der Waals surface area contributed by atoms with Crippen molar-refractivity contribution in [3.63, 3.8) is 0 Å². The average molecular weight is 463 g/mol. The molecule has 0 bridgehead atoms. The summed E-state index contributed by atoms with van der Waals surface area (Å²) in [6.45, 7) is 15.6. The van der Waals surface area contributed by atoms with Crippen LogP contribution < -0.4 is 0 Å². The minimum Gasteiger partial charge on any atom is -0.479 e. The Morgan fingerprint density at radius 3 is 1.76 bits per heavy atom. The maximum Gasteiger partial charge on any atom is 0.345 e. The molecule has 33 heavy (non-hydrogen) atoms. The minimum absolute atomic E-state index is 0.0127. The van der Waals surface area contributed by atoms with Crippen molar-refractivity contribution in [2.75, 3.05) is 26.4 Å². The van der Waals surface area contributed by atoms with Crippen LogP contribution in [-0.4, -0.2) is 65.9 Å². The number of carbonyl (C=O) groups excluding carboxylic acids is 1. The van der Waals surface area contributed by atoms with Crippen LogP contribution in [0.25, 0.3) is 0 Å². The summed E-state index contributed by atoms with van der Waals surface area (Å²) in [6.07, 6.45) is 2.72. The fourth-order valence-electron chi connectivity index (χ4n) is 2.87. The normalized spacial score (nSPS) is 27.9. The van der Waals surface area contributed by atoms with Crippen LogP contribution >= 0.6 is 0 Å². The van der Waals surface area contributed by atoms with Crippen LogP contribution in [0.2, 0.25) is 0 Å². The molecule has 0 spiro atoms. The summed E-state index contributed by atoms with van der Waals surface area (Å²) in [5.41, 5.74) is -2.45. The molecular formula is C25H34O8. The molecule has 2 aliphatic rings. The minimum atomic E-state index is -1.37. The maximum atomic E-state index is 12.2. The third-order valence-corrected chi connectivity index (χ3v) is 5.29. The number of hydrogen-bond donors (Lipinski definition) is 1. The third-order valence-electron chi connectivity index (χ3n) is 5.29. The Kier molecular flexibility index (Phi) is 8.59. The second-order valence-electron chi connectivity index (χ2n) is 9.23. The van der Waals surface area contributed by atoms with E-state index in [1.807, 2.05) is 58.0 Å². The zero-order chi connectivity index (χ0) is 24.8. The van der Waals surface area contributed by atoms with E-state index >= 15 is 0 Å². The largest absolute Gasteiger partial charge is 0.479 e. The van der Waals surface area contributed by atoms with Gasteiger partial charge in [0, 0.05) is 0 Å². The Balaban J connectivity index is 0.000000257. The van der Waals surface area contributed by atoms with E-state index in [1.54, 1.807) is 0 Å². The van der Waals surface area contributed by atoms with Gasteiger partial charge in [0.1, 0.15) is 6.61 Å². The Hall–Kier alpha value is -2.52. The Labute approximate surface area is 195 Å². The van der Waals surface area contributed by atoms with Gasteiger partial charge in [0.2, 0.25) is 11.2 Å². The molecule has 182 valence electrons. The van der Waals surface area contributed by atoms with Crippen molar-refractivity contribution < 1.29 is 38.4 Å². The molecule has 2 unspecified atom stereocenters. The molecule has 8 heteroatoms. The monoisotopic (exact) mass is 462 g/mol. The van der Waals surface area contributed by atoms with Gasteiger partial charge in [-0.3, -0.25) is 0 Å². The number of hydrogen-bond acceptors (Lipinski definition) is 7. The highest BCUT2D eigenvalue weighted by Crippen LogP contribution is 2.28. The molecule has 1 aromatic carbocycles. The van der Waals surface area contributed by atoms with E-state index < -0.39 is 34.3 Å². The zero-order valence-electron chi connectivity index (χ0n) is 19.8. The topological polar surface area (TPSA) is 101 Å². The average Bonchev–Trinajstić information content (AvgIpc) is 2.79. The molecular weight excluding hydrogens is 428 g/mol. The van der Waals surface area contributed by atoms with Crippen molar-refractivity contribution in [2.24, 2.45) is 0 Å². The Morgan fingerprint density at radius 1 is 0.879 bits per heavy atom. The molecule has 0 radical (unpaired) electrons. The van der Waals surface area contributed by atoms with E-state index in [2.05, 4.69) is 13.2 Å². The summed E-state index contributed by atoms with van der Waals surface area (Å²) in [7, 11) is 0. The predicted molar refractivity (Wildman–Crippen MR) is 122 cm³/mol. The maximum absolute atomic E-state index is 12.2. The van der Waals surface area contributed by atoms with Gasteiger partial charge in [-0.25, -0.2) is 9.59 Å². The van der Waals surface area contributed by atoms with Gasteiger partial charge in [-0.05, 0) is 45.4 Å². The first-order valence-corrected chi connectivity index (χ1v) is 10.7. The Bertz CT molecular complexity index is 823. The molecule has 1 N–H and O–H groups in total. The molecule has 2 fully saturated rings. The van der Waals surface area contributed by atoms with Crippen LogP contribution in [0.5, 0.6) is 0 Å². The number of carboxylic acids is 1. The molecule has 0 aromatic heterocycles. The van der Waals surface area contributed by atoms with Gasteiger partial charge in [-0.15, -0.1) is 0 Å². The molecule has 3 rings (SSSR count). The number of benzene rings is 1. The highest BCUT2D eigenvalue weighted by Gasteiger charge is 2.46. The zero-order valence-corrected chi connectivity index (χ0v) is 19.8. The van der Waals surface area contributed by atoms with Crippen LogP contribution in [0, 0.1) is 0 Å². The molecule has 0 amide bonds. The number of ether oxygens (including phenoxy) is 5. The first kappa shape index (κ1) is 26.7. The van der Waals surface area contributed by atoms with Gasteiger partial charge < -0.3 is 28.8 Å². The first-order chi connectivity index (χ1) is 15.4. The molecule has 2 aliphatic heterocycles. The van der Waals surface area contributed by atoms with Crippen LogP contribution in [0.15, 0.2) is 55.6 Å². The molecule has 2 saturated heterocycles. The number of aliphatic carboxylic acids is 1. The summed E-state index contributed by atoms with van der Waals surface area (Å²) >= 11 is 0. The molecule has 0 saturated carbocycles. The molecule has 1 aromatic rings. The lowest BCUT2D eigenvalue weighted by molar-refractivity contribution is -0.221. The molecule has 2 atom stereocenters. The van der Waals surface area contributed by atoms with Crippen molar-refractivity contribution in [2.45, 2.75) is 56.7 Å². The van der Waals surface area contributed by atoms with E-state index in [-0.39, 0.29) is 26.4 Å². The van der Waals surface area contributed by atoms with E-state index in [1.165, 1.54) is 12.2 Å². The standard InChI is InChI=1S/C16H20O4.C9H14O4/c1-4-16(12-19-15(2,3)11-20-16)14(17)18-10-13-8-6-5-7-9-13;1-4-9(7(10)11)6-12-8(2,3)5-13-9/h4-9H,1,10-12H2,2-3H3;4H,1,5-6H2,2-3H3,(H,10,11). The van der Waals surface area contributed by atoms with E-state index in [0.29, 0.717) is 6.61 Å². The van der Waals surface area contributed by atoms with E-state index in [0.717, 1.165) is 5.56 Å². The summed E-state index contributed by atoms with van der Waals surface area (Å²) < 4.78 is 27.2. The lowest BCUT2D eigenvalue weighted by atomic mass is 10.0. The van der Waals surface area contributed by atoms with Crippen molar-refractivity contribution >= 4 is 11.9 Å². The quantitative estimate of drug-likeness (QED) is 0.508. The predicted octanol–water partition coefficient (Wildman–Crippen LogP) is 3.30. The van der Waals surface area contributed by atoms with Gasteiger partial charge in [-0.1, -0.05) is 43.5 Å². The second-order valence-corrected chi connectivity index (χ2v) is 9.23. The van der Waals surface area contributed by atoms with Gasteiger partial charge in [-0.2, -0.15) is 0 Å². The highest BCUT2D eigenvalue weighted by atomic mass is 16.6. The lowest BCUT2D eigenvalue weighted by Crippen LogP contribution is -2.54. The van der Waals surface area contributed by atoms with Gasteiger partial charge in [0.25, 0.3) is 0 Å². The third kappa shape index (κ3) is 6.98. The first-order valence-electron chi connectivity index (χ1n) is 10.7. The van der Waals surface area contributed by atoms with E-state index in [4.69, 9.17) is 28.8 Å². The smallest absolute Gasteiger partial charge is 0.345 e. The summed E-state index contributed by atoms with van der Waals surface area (Å²) in [4.78, 5) is 23.1. The van der Waals surface area contributed by atoms with Gasteiger partial charge >= 0.3 is 11.9 Å². The molecule has 8 nitrogen and oxygen atoms in total. The SMILES string of the molecule is C=CC1(C(=O)O)COC(C)(C)CO1.C=CC1(C(=O)OCc2ccccc2)COC(C)(C)CO1. The van der Waals surface area contributed by atoms with Crippen LogP contribution in [0.1, 0.15) is 33.3 Å². The highest BCUT2D eigenvalue weighted by molar-refractivity contribution is 5.82. The number of esters is 1. The second kappa shape index (κ2) is 10.6. The number of carbonyl (C=O) groups is 2. The lowest BCUT2D eigenvalue weighted by Gasteiger charge is -2.40. The van der Waals surface area contributed by atoms with Crippen molar-refractivity contribution in [3.05, 3.63) is 61.2 Å². The van der Waals surface area contributed by atoms with Crippen LogP contribution in [0.4, 0.5) is 0 Å². The summed E-state index contributed by atoms with van der Waals surface area (Å²) in [6, 6.07) is 9.51. The van der Waals surface area contributed by atoms with Crippen LogP contribution in [-0.2, 0) is 39.9 Å². The fraction of sp³-hybridized carbons (Fsp3) is 0.520. The molecule has 2 heterocycles. The number of rotatable bonds is 6. The van der Waals surface area contributed by atoms with E-state index in [9.17, 15) is 9.59 Å². The van der Waals surface area contributed by atoms with Crippen LogP contribution in [0.3, 0.4) is 0 Å². The number of carboxylic acid groups (broad SMARTS) is 1. The summed E-state index contributed by atoms with van der Waals surface area (Å²) in [5.74, 6) is -1.52.